The lowest BCUT2D eigenvalue weighted by Gasteiger charge is -2.35. The van der Waals surface area contributed by atoms with Crippen LogP contribution in [0, 0.1) is 0 Å². The molecule has 0 heterocycles. The van der Waals surface area contributed by atoms with Gasteiger partial charge in [-0.2, -0.15) is 13.9 Å². The first-order valence-corrected chi connectivity index (χ1v) is 16.5. The van der Waals surface area contributed by atoms with Gasteiger partial charge in [0.15, 0.2) is 18.3 Å². The van der Waals surface area contributed by atoms with Gasteiger partial charge in [0, 0.05) is 0 Å². The molecule has 4 atom stereocenters. The molecule has 47 heavy (non-hydrogen) atoms. The van der Waals surface area contributed by atoms with Crippen molar-refractivity contribution in [2.75, 3.05) is 12.8 Å². The molecule has 1 N–H and O–H groups in total. The summed E-state index contributed by atoms with van der Waals surface area (Å²) in [5, 5.41) is 0. The zero-order valence-corrected chi connectivity index (χ0v) is 26.6. The first kappa shape index (κ1) is 35.0. The Bertz CT molecular complexity index is 1690. The SMILES string of the molecule is C[C@H](OS(C)(=O)=O)[C@H](OC(=O)c1ccccc1)[C@@H](OC(=O)c1ccccc1)[C@H](CNOCc1ccccc1)OC(=O)c1ccccc1. The van der Waals surface area contributed by atoms with Crippen LogP contribution in [0.3, 0.4) is 0 Å². The van der Waals surface area contributed by atoms with Crippen LogP contribution in [0.5, 0.6) is 0 Å². The molecule has 11 nitrogen and oxygen atoms in total. The van der Waals surface area contributed by atoms with Crippen molar-refractivity contribution in [1.29, 1.82) is 0 Å². The number of hydrogen-bond acceptors (Lipinski definition) is 11. The summed E-state index contributed by atoms with van der Waals surface area (Å²) in [5.74, 6) is -2.50. The Kier molecular flexibility index (Phi) is 12.8. The van der Waals surface area contributed by atoms with E-state index in [1.807, 2.05) is 30.3 Å². The van der Waals surface area contributed by atoms with Crippen molar-refractivity contribution in [1.82, 2.24) is 5.48 Å². The van der Waals surface area contributed by atoms with E-state index in [0.717, 1.165) is 11.8 Å². The molecule has 12 heteroatoms. The smallest absolute Gasteiger partial charge is 0.338 e. The maximum Gasteiger partial charge on any atom is 0.338 e. The maximum absolute atomic E-state index is 13.5. The number of hydrogen-bond donors (Lipinski definition) is 1. The molecule has 0 radical (unpaired) electrons. The van der Waals surface area contributed by atoms with E-state index in [0.29, 0.717) is 0 Å². The molecule has 4 aromatic rings. The van der Waals surface area contributed by atoms with Crippen LogP contribution in [0.4, 0.5) is 0 Å². The number of esters is 3. The number of nitrogens with one attached hydrogen (secondary N) is 1. The maximum atomic E-state index is 13.5. The standard InChI is InChI=1S/C35H35NO10S/c1-25(46-47(2,40)41)31(44-34(38)28-19-11-5-12-20-28)32(45-35(39)29-21-13-6-14-22-29)30(43-33(37)27-17-9-4-10-18-27)23-36-42-24-26-15-7-3-8-16-26/h3-22,25,30-32,36H,23-24H2,1-2H3/t25-,30-,31-,32-/m0/s1. The van der Waals surface area contributed by atoms with Gasteiger partial charge < -0.3 is 14.2 Å². The zero-order chi connectivity index (χ0) is 33.6. The first-order valence-electron chi connectivity index (χ1n) is 14.7. The molecule has 0 bridgehead atoms. The third-order valence-corrected chi connectivity index (χ3v) is 7.37. The monoisotopic (exact) mass is 661 g/mol. The lowest BCUT2D eigenvalue weighted by Crippen LogP contribution is -2.54. The summed E-state index contributed by atoms with van der Waals surface area (Å²) in [6.45, 7) is 1.19. The minimum atomic E-state index is -4.11. The Labute approximate surface area is 273 Å². The summed E-state index contributed by atoms with van der Waals surface area (Å²) in [6.07, 6.45) is -5.18. The second-order valence-corrected chi connectivity index (χ2v) is 12.0. The van der Waals surface area contributed by atoms with Gasteiger partial charge >= 0.3 is 17.9 Å². The molecule has 4 rings (SSSR count). The first-order chi connectivity index (χ1) is 22.6. The van der Waals surface area contributed by atoms with Gasteiger partial charge in [0.05, 0.1) is 36.1 Å². The van der Waals surface area contributed by atoms with Gasteiger partial charge in [-0.3, -0.25) is 9.02 Å². The van der Waals surface area contributed by atoms with Crippen molar-refractivity contribution in [3.8, 4) is 0 Å². The Morgan fingerprint density at radius 1 is 0.617 bits per heavy atom. The Hall–Kier alpha value is -4.88. The summed E-state index contributed by atoms with van der Waals surface area (Å²) >= 11 is 0. The van der Waals surface area contributed by atoms with Gasteiger partial charge in [-0.05, 0) is 48.9 Å². The highest BCUT2D eigenvalue weighted by Gasteiger charge is 2.43. The lowest BCUT2D eigenvalue weighted by atomic mass is 10.0. The van der Waals surface area contributed by atoms with Crippen molar-refractivity contribution in [2.24, 2.45) is 0 Å². The predicted molar refractivity (Wildman–Crippen MR) is 172 cm³/mol. The zero-order valence-electron chi connectivity index (χ0n) is 25.8. The topological polar surface area (TPSA) is 144 Å². The average molecular weight is 662 g/mol. The molecule has 0 amide bonds. The molecule has 0 spiro atoms. The number of benzene rings is 4. The third kappa shape index (κ3) is 11.2. The van der Waals surface area contributed by atoms with Gasteiger partial charge in [0.1, 0.15) is 6.10 Å². The summed E-state index contributed by atoms with van der Waals surface area (Å²) < 4.78 is 47.4. The van der Waals surface area contributed by atoms with Gasteiger partial charge in [-0.25, -0.2) is 14.4 Å². The number of rotatable bonds is 16. The van der Waals surface area contributed by atoms with E-state index in [1.54, 1.807) is 54.6 Å². The quantitative estimate of drug-likeness (QED) is 0.0584. The molecule has 4 aromatic carbocycles. The molecule has 0 aliphatic rings. The Balaban J connectivity index is 1.73. The molecule has 0 aliphatic carbocycles. The molecule has 0 saturated heterocycles. The van der Waals surface area contributed by atoms with E-state index in [4.69, 9.17) is 23.2 Å². The second-order valence-electron chi connectivity index (χ2n) is 10.4. The van der Waals surface area contributed by atoms with Crippen LogP contribution in [-0.2, 0) is 40.0 Å². The molecule has 0 fully saturated rings. The van der Waals surface area contributed by atoms with E-state index < -0.39 is 52.4 Å². The average Bonchev–Trinajstić information content (AvgIpc) is 3.08. The van der Waals surface area contributed by atoms with Crippen molar-refractivity contribution in [3.63, 3.8) is 0 Å². The minimum absolute atomic E-state index is 0.134. The van der Waals surface area contributed by atoms with E-state index >= 15 is 0 Å². The van der Waals surface area contributed by atoms with Crippen LogP contribution >= 0.6 is 0 Å². The largest absolute Gasteiger partial charge is 0.453 e. The van der Waals surface area contributed by atoms with E-state index in [-0.39, 0.29) is 29.8 Å². The molecule has 0 aliphatic heterocycles. The predicted octanol–water partition coefficient (Wildman–Crippen LogP) is 4.75. The van der Waals surface area contributed by atoms with Crippen molar-refractivity contribution in [3.05, 3.63) is 144 Å². The minimum Gasteiger partial charge on any atom is -0.453 e. The number of ether oxygens (including phenoxy) is 3. The molecule has 0 unspecified atom stereocenters. The number of carbonyl (C=O) groups excluding carboxylic acids is 3. The van der Waals surface area contributed by atoms with Crippen LogP contribution in [-0.4, -0.2) is 63.5 Å². The fraction of sp³-hybridized carbons (Fsp3) is 0.229. The summed E-state index contributed by atoms with van der Waals surface area (Å²) in [7, 11) is -4.11. The van der Waals surface area contributed by atoms with Crippen LogP contribution in [0.2, 0.25) is 0 Å². The fourth-order valence-corrected chi connectivity index (χ4v) is 5.16. The van der Waals surface area contributed by atoms with E-state index in [2.05, 4.69) is 5.48 Å². The normalized spacial score (nSPS) is 13.8. The van der Waals surface area contributed by atoms with Crippen LogP contribution in [0.15, 0.2) is 121 Å². The van der Waals surface area contributed by atoms with Gasteiger partial charge in [0.2, 0.25) is 0 Å². The highest BCUT2D eigenvalue weighted by Crippen LogP contribution is 2.23. The molecule has 0 aromatic heterocycles. The van der Waals surface area contributed by atoms with E-state index in [1.165, 1.54) is 43.3 Å². The highest BCUT2D eigenvalue weighted by molar-refractivity contribution is 7.86. The van der Waals surface area contributed by atoms with Gasteiger partial charge in [0.25, 0.3) is 10.1 Å². The summed E-state index contributed by atoms with van der Waals surface area (Å²) in [5.41, 5.74) is 4.06. The van der Waals surface area contributed by atoms with Crippen LogP contribution in [0.25, 0.3) is 0 Å². The molecule has 246 valence electrons. The van der Waals surface area contributed by atoms with Crippen LogP contribution < -0.4 is 5.48 Å². The third-order valence-electron chi connectivity index (χ3n) is 6.72. The Morgan fingerprint density at radius 3 is 1.47 bits per heavy atom. The summed E-state index contributed by atoms with van der Waals surface area (Å²) in [4.78, 5) is 45.8. The number of hydroxylamine groups is 1. The fourth-order valence-electron chi connectivity index (χ4n) is 4.50. The molecular weight excluding hydrogens is 626 g/mol. The highest BCUT2D eigenvalue weighted by atomic mass is 32.2. The van der Waals surface area contributed by atoms with Crippen molar-refractivity contribution >= 4 is 28.0 Å². The summed E-state index contributed by atoms with van der Waals surface area (Å²) in [6, 6.07) is 33.2. The van der Waals surface area contributed by atoms with E-state index in [9.17, 15) is 22.8 Å². The Morgan fingerprint density at radius 2 is 1.02 bits per heavy atom. The van der Waals surface area contributed by atoms with Crippen LogP contribution in [0.1, 0.15) is 43.6 Å². The molecule has 0 saturated carbocycles. The van der Waals surface area contributed by atoms with Gasteiger partial charge in [-0.1, -0.05) is 84.9 Å². The lowest BCUT2D eigenvalue weighted by molar-refractivity contribution is -0.119. The van der Waals surface area contributed by atoms with Crippen molar-refractivity contribution < 1.29 is 46.0 Å². The van der Waals surface area contributed by atoms with Gasteiger partial charge in [-0.15, -0.1) is 0 Å². The second kappa shape index (κ2) is 17.2. The number of carbonyl (C=O) groups is 3. The van der Waals surface area contributed by atoms with Crippen molar-refractivity contribution in [2.45, 2.75) is 37.9 Å². The molecular formula is C35H35NO10S.